The second kappa shape index (κ2) is 5.36. The maximum atomic E-state index is 13.3. The lowest BCUT2D eigenvalue weighted by molar-refractivity contribution is -0.153. The van der Waals surface area contributed by atoms with Gasteiger partial charge in [0.1, 0.15) is 11.2 Å². The van der Waals surface area contributed by atoms with E-state index in [0.717, 1.165) is 54.5 Å². The fourth-order valence-corrected chi connectivity index (χ4v) is 5.75. The fraction of sp³-hybridized carbons (Fsp3) is 0.476. The maximum Gasteiger partial charge on any atom is 0.319 e. The summed E-state index contributed by atoms with van der Waals surface area (Å²) in [6, 6.07) is 5.47. The molecule has 4 aliphatic rings. The lowest BCUT2D eigenvalue weighted by Crippen LogP contribution is -2.63. The zero-order valence-corrected chi connectivity index (χ0v) is 15.2. The van der Waals surface area contributed by atoms with E-state index >= 15 is 0 Å². The number of piperidine rings is 1. The van der Waals surface area contributed by atoms with Crippen molar-refractivity contribution in [1.29, 1.82) is 0 Å². The van der Waals surface area contributed by atoms with Gasteiger partial charge in [0.05, 0.1) is 13.2 Å². The third-order valence-electron chi connectivity index (χ3n) is 6.63. The lowest BCUT2D eigenvalue weighted by Gasteiger charge is -2.53. The van der Waals surface area contributed by atoms with Crippen LogP contribution in [-0.4, -0.2) is 47.2 Å². The molecule has 136 valence electrons. The van der Waals surface area contributed by atoms with Crippen LogP contribution < -0.4 is 0 Å². The molecule has 0 spiro atoms. The largest absolute Gasteiger partial charge is 0.508 e. The van der Waals surface area contributed by atoms with Crippen LogP contribution in [0.15, 0.2) is 29.8 Å². The molecule has 5 nitrogen and oxygen atoms in total. The van der Waals surface area contributed by atoms with Crippen molar-refractivity contribution in [2.24, 2.45) is 5.92 Å². The molecular weight excluding hydrogens is 328 g/mol. The van der Waals surface area contributed by atoms with Gasteiger partial charge in [-0.2, -0.15) is 0 Å². The first kappa shape index (κ1) is 15.9. The first-order valence-corrected chi connectivity index (χ1v) is 9.45. The molecule has 0 saturated carbocycles. The monoisotopic (exact) mass is 352 g/mol. The zero-order valence-electron chi connectivity index (χ0n) is 15.2. The third-order valence-corrected chi connectivity index (χ3v) is 6.63. The first-order valence-electron chi connectivity index (χ1n) is 9.45. The molecule has 5 heteroatoms. The number of aromatic nitrogens is 1. The van der Waals surface area contributed by atoms with E-state index in [4.69, 9.17) is 4.74 Å². The van der Waals surface area contributed by atoms with Crippen LogP contribution in [0.4, 0.5) is 0 Å². The minimum absolute atomic E-state index is 0.0628. The minimum Gasteiger partial charge on any atom is -0.508 e. The van der Waals surface area contributed by atoms with Crippen LogP contribution in [0.1, 0.15) is 31.0 Å². The maximum absolute atomic E-state index is 13.3. The Morgan fingerprint density at radius 1 is 1.46 bits per heavy atom. The summed E-state index contributed by atoms with van der Waals surface area (Å²) in [5.74, 6) is 0.490. The van der Waals surface area contributed by atoms with E-state index in [1.54, 1.807) is 6.07 Å². The van der Waals surface area contributed by atoms with Gasteiger partial charge in [0.25, 0.3) is 0 Å². The number of methoxy groups -OCH3 is 1. The van der Waals surface area contributed by atoms with E-state index in [1.165, 1.54) is 12.7 Å². The highest BCUT2D eigenvalue weighted by atomic mass is 16.5. The number of benzene rings is 1. The Bertz CT molecular complexity index is 944. The SMILES string of the molecule is CCC1=CC2CN3CCc4c([nH]c5ccc(O)cc45)C(C(=O)OC)(C2)C13. The van der Waals surface area contributed by atoms with E-state index in [-0.39, 0.29) is 17.8 Å². The molecule has 4 heterocycles. The van der Waals surface area contributed by atoms with Gasteiger partial charge < -0.3 is 14.8 Å². The number of aromatic hydroxyl groups is 1. The second-order valence-electron chi connectivity index (χ2n) is 7.88. The van der Waals surface area contributed by atoms with E-state index in [1.807, 2.05) is 12.1 Å². The molecule has 3 aliphatic heterocycles. The summed E-state index contributed by atoms with van der Waals surface area (Å²) in [4.78, 5) is 19.3. The van der Waals surface area contributed by atoms with E-state index < -0.39 is 5.41 Å². The summed E-state index contributed by atoms with van der Waals surface area (Å²) >= 11 is 0. The summed E-state index contributed by atoms with van der Waals surface area (Å²) in [7, 11) is 1.50. The highest BCUT2D eigenvalue weighted by molar-refractivity contribution is 5.92. The Balaban J connectivity index is 1.83. The van der Waals surface area contributed by atoms with Crippen LogP contribution in [0.3, 0.4) is 0 Å². The number of phenolic OH excluding ortho intramolecular Hbond substituents is 1. The number of rotatable bonds is 2. The van der Waals surface area contributed by atoms with Crippen molar-refractivity contribution in [3.8, 4) is 5.75 Å². The van der Waals surface area contributed by atoms with Crippen molar-refractivity contribution in [2.45, 2.75) is 37.6 Å². The predicted molar refractivity (Wildman–Crippen MR) is 99.2 cm³/mol. The predicted octanol–water partition coefficient (Wildman–Crippen LogP) is 2.88. The Hall–Kier alpha value is -2.27. The van der Waals surface area contributed by atoms with Gasteiger partial charge in [-0.25, -0.2) is 0 Å². The summed E-state index contributed by atoms with van der Waals surface area (Å²) in [5.41, 5.74) is 3.81. The van der Waals surface area contributed by atoms with Gasteiger partial charge in [0, 0.05) is 29.7 Å². The van der Waals surface area contributed by atoms with Crippen LogP contribution in [-0.2, 0) is 21.4 Å². The molecule has 1 fully saturated rings. The highest BCUT2D eigenvalue weighted by Gasteiger charge is 2.60. The molecule has 1 aliphatic carbocycles. The molecule has 1 aromatic carbocycles. The molecule has 1 saturated heterocycles. The van der Waals surface area contributed by atoms with Gasteiger partial charge in [-0.3, -0.25) is 9.69 Å². The van der Waals surface area contributed by atoms with Crippen LogP contribution in [0.25, 0.3) is 10.9 Å². The number of H-pyrrole nitrogens is 1. The highest BCUT2D eigenvalue weighted by Crippen LogP contribution is 2.53. The molecule has 2 N–H and O–H groups in total. The number of phenols is 1. The van der Waals surface area contributed by atoms with Gasteiger partial charge in [-0.1, -0.05) is 18.6 Å². The summed E-state index contributed by atoms with van der Waals surface area (Å²) < 4.78 is 5.38. The number of carbonyl (C=O) groups is 1. The molecule has 0 amide bonds. The van der Waals surface area contributed by atoms with E-state index in [9.17, 15) is 9.90 Å². The molecule has 4 atom stereocenters. The van der Waals surface area contributed by atoms with Crippen molar-refractivity contribution in [1.82, 2.24) is 9.88 Å². The molecule has 2 aromatic rings. The molecule has 4 unspecified atom stereocenters. The van der Waals surface area contributed by atoms with Gasteiger partial charge >= 0.3 is 5.97 Å². The number of hydrogen-bond donors (Lipinski definition) is 2. The number of carbonyl (C=O) groups excluding carboxylic acids is 1. The first-order chi connectivity index (χ1) is 12.6. The van der Waals surface area contributed by atoms with E-state index in [2.05, 4.69) is 22.9 Å². The topological polar surface area (TPSA) is 65.6 Å². The number of fused-ring (bicyclic) bond motifs is 3. The van der Waals surface area contributed by atoms with Gasteiger partial charge in [-0.15, -0.1) is 0 Å². The zero-order chi connectivity index (χ0) is 18.1. The smallest absolute Gasteiger partial charge is 0.319 e. The van der Waals surface area contributed by atoms with Crippen LogP contribution >= 0.6 is 0 Å². The number of hydrogen-bond acceptors (Lipinski definition) is 4. The molecule has 0 radical (unpaired) electrons. The Labute approximate surface area is 152 Å². The summed E-state index contributed by atoms with van der Waals surface area (Å²) in [5, 5.41) is 11.0. The number of nitrogens with one attached hydrogen (secondary N) is 1. The number of ether oxygens (including phenoxy) is 1. The van der Waals surface area contributed by atoms with Crippen LogP contribution in [0.2, 0.25) is 0 Å². The van der Waals surface area contributed by atoms with E-state index in [0.29, 0.717) is 5.92 Å². The molecule has 1 aromatic heterocycles. The lowest BCUT2D eigenvalue weighted by atomic mass is 9.60. The summed E-state index contributed by atoms with van der Waals surface area (Å²) in [6.07, 6.45) is 5.00. The van der Waals surface area contributed by atoms with Crippen LogP contribution in [0.5, 0.6) is 5.75 Å². The molecule has 26 heavy (non-hydrogen) atoms. The average molecular weight is 352 g/mol. The standard InChI is InChI=1S/C21H24N2O3/c1-3-13-8-12-10-21(20(25)26-2)18-15(6-7-23(11-12)19(13)21)16-9-14(24)4-5-17(16)22-18/h4-5,8-9,12,19,22,24H,3,6-7,10-11H2,1-2H3. The normalized spacial score (nSPS) is 32.1. The number of aromatic amines is 1. The van der Waals surface area contributed by atoms with Crippen LogP contribution in [0, 0.1) is 5.92 Å². The third kappa shape index (κ3) is 1.87. The molecule has 6 rings (SSSR count). The number of esters is 1. The Morgan fingerprint density at radius 2 is 2.31 bits per heavy atom. The van der Waals surface area contributed by atoms with Gasteiger partial charge in [-0.05, 0) is 48.9 Å². The van der Waals surface area contributed by atoms with Crippen molar-refractivity contribution >= 4 is 16.9 Å². The summed E-state index contributed by atoms with van der Waals surface area (Å²) in [6.45, 7) is 4.11. The van der Waals surface area contributed by atoms with Crippen molar-refractivity contribution in [2.75, 3.05) is 20.2 Å². The Kier molecular flexibility index (Phi) is 3.29. The van der Waals surface area contributed by atoms with Crippen molar-refractivity contribution < 1.29 is 14.6 Å². The molecular formula is C21H24N2O3. The Morgan fingerprint density at radius 3 is 3.08 bits per heavy atom. The molecule has 4 bridgehead atoms. The number of nitrogens with zero attached hydrogens (tertiary/aromatic N) is 1. The van der Waals surface area contributed by atoms with Gasteiger partial charge in [0.15, 0.2) is 0 Å². The average Bonchev–Trinajstić information content (AvgIpc) is 2.98. The quantitative estimate of drug-likeness (QED) is 0.644. The van der Waals surface area contributed by atoms with Crippen molar-refractivity contribution in [3.05, 3.63) is 41.1 Å². The minimum atomic E-state index is -0.682. The second-order valence-corrected chi connectivity index (χ2v) is 7.88. The fourth-order valence-electron chi connectivity index (χ4n) is 5.75. The van der Waals surface area contributed by atoms with Crippen molar-refractivity contribution in [3.63, 3.8) is 0 Å². The van der Waals surface area contributed by atoms with Gasteiger partial charge in [0.2, 0.25) is 0 Å².